The van der Waals surface area contributed by atoms with Crippen molar-refractivity contribution in [3.8, 4) is 34.1 Å². The number of rotatable bonds is 21. The summed E-state index contributed by atoms with van der Waals surface area (Å²) in [5.41, 5.74) is 3.63. The van der Waals surface area contributed by atoms with Crippen molar-refractivity contribution in [1.82, 2.24) is 15.0 Å². The lowest BCUT2D eigenvalue weighted by atomic mass is 9.95. The van der Waals surface area contributed by atoms with Gasteiger partial charge in [-0.2, -0.15) is 0 Å². The van der Waals surface area contributed by atoms with Gasteiger partial charge in [-0.1, -0.05) is 95.3 Å². The minimum atomic E-state index is -0.336. The third kappa shape index (κ3) is 10.2. The second-order valence-corrected chi connectivity index (χ2v) is 12.9. The molecule has 2 aromatic carbocycles. The molecule has 10 nitrogen and oxygen atoms in total. The summed E-state index contributed by atoms with van der Waals surface area (Å²) in [7, 11) is 6.23. The van der Waals surface area contributed by atoms with E-state index in [1.807, 2.05) is 12.1 Å². The largest absolute Gasteiger partial charge is 0.493 e. The maximum Gasteiger partial charge on any atom is 0.306 e. The van der Waals surface area contributed by atoms with Gasteiger partial charge in [0.2, 0.25) is 11.2 Å². The zero-order valence-corrected chi connectivity index (χ0v) is 30.2. The summed E-state index contributed by atoms with van der Waals surface area (Å²) >= 11 is 0. The van der Waals surface area contributed by atoms with Gasteiger partial charge in [-0.25, -0.2) is 4.68 Å². The van der Waals surface area contributed by atoms with Crippen LogP contribution >= 0.6 is 0 Å². The number of nitrogens with zero attached hydrogens (tertiary/aromatic N) is 3. The molecule has 0 amide bonds. The van der Waals surface area contributed by atoms with Gasteiger partial charge in [0.25, 0.3) is 0 Å². The summed E-state index contributed by atoms with van der Waals surface area (Å²) < 4.78 is 29.9. The molecule has 0 spiro atoms. The van der Waals surface area contributed by atoms with Gasteiger partial charge in [0.1, 0.15) is 12.3 Å². The normalized spacial score (nSPS) is 13.6. The van der Waals surface area contributed by atoms with E-state index in [2.05, 4.69) is 17.2 Å². The van der Waals surface area contributed by atoms with Gasteiger partial charge < -0.3 is 23.7 Å². The fourth-order valence-electron chi connectivity index (χ4n) is 6.77. The van der Waals surface area contributed by atoms with Crippen LogP contribution in [0.1, 0.15) is 126 Å². The fourth-order valence-corrected chi connectivity index (χ4v) is 6.77. The molecule has 0 unspecified atom stereocenters. The number of aryl methyl sites for hydroxylation is 1. The maximum atomic E-state index is 13.2. The molecular formula is C39H55N3O7. The minimum Gasteiger partial charge on any atom is -0.493 e. The SMILES string of the molecule is CCCCCCCCCCCCCCCC(=O)OCc1cn([C@H]2CCc3cc(OC)c(OC)c(OC)c3-c3ccc(OC)c(=O)cc32)nn1. The van der Waals surface area contributed by atoms with Crippen molar-refractivity contribution in [1.29, 1.82) is 0 Å². The van der Waals surface area contributed by atoms with Crippen molar-refractivity contribution in [3.05, 3.63) is 57.5 Å². The number of unbranched alkanes of at least 4 members (excludes halogenated alkanes) is 12. The van der Waals surface area contributed by atoms with E-state index in [1.165, 1.54) is 71.3 Å². The molecule has 3 aromatic rings. The van der Waals surface area contributed by atoms with Crippen molar-refractivity contribution in [3.63, 3.8) is 0 Å². The molecule has 0 radical (unpaired) electrons. The number of aromatic nitrogens is 3. The molecule has 1 aliphatic carbocycles. The Morgan fingerprint density at radius 2 is 1.43 bits per heavy atom. The van der Waals surface area contributed by atoms with Crippen LogP contribution in [0.15, 0.2) is 35.3 Å². The third-order valence-corrected chi connectivity index (χ3v) is 9.43. The van der Waals surface area contributed by atoms with Crippen molar-refractivity contribution in [2.24, 2.45) is 0 Å². The lowest BCUT2D eigenvalue weighted by Crippen LogP contribution is -2.13. The van der Waals surface area contributed by atoms with E-state index in [1.54, 1.807) is 44.3 Å². The molecule has 0 fully saturated rings. The summed E-state index contributed by atoms with van der Waals surface area (Å²) in [5.74, 6) is 1.55. The molecule has 0 saturated carbocycles. The zero-order valence-electron chi connectivity index (χ0n) is 30.2. The van der Waals surface area contributed by atoms with E-state index < -0.39 is 0 Å². The molecule has 4 rings (SSSR count). The Hall–Kier alpha value is -4.08. The van der Waals surface area contributed by atoms with Crippen LogP contribution in [-0.2, 0) is 22.6 Å². The molecule has 10 heteroatoms. The number of methoxy groups -OCH3 is 4. The van der Waals surface area contributed by atoms with E-state index in [9.17, 15) is 9.59 Å². The predicted molar refractivity (Wildman–Crippen MR) is 191 cm³/mol. The Morgan fingerprint density at radius 3 is 2.04 bits per heavy atom. The highest BCUT2D eigenvalue weighted by atomic mass is 16.5. The van der Waals surface area contributed by atoms with Crippen LogP contribution < -0.4 is 24.4 Å². The predicted octanol–water partition coefficient (Wildman–Crippen LogP) is 8.40. The number of fused-ring (bicyclic) bond motifs is 3. The molecule has 0 bridgehead atoms. The lowest BCUT2D eigenvalue weighted by Gasteiger charge is -2.19. The molecule has 49 heavy (non-hydrogen) atoms. The smallest absolute Gasteiger partial charge is 0.306 e. The number of benzene rings is 1. The Morgan fingerprint density at radius 1 is 0.796 bits per heavy atom. The fraction of sp³-hybridized carbons (Fsp3) is 0.590. The molecule has 1 atom stereocenters. The molecule has 1 aromatic heterocycles. The van der Waals surface area contributed by atoms with Crippen LogP contribution in [0, 0.1) is 0 Å². The number of hydrogen-bond acceptors (Lipinski definition) is 9. The first kappa shape index (κ1) is 37.7. The van der Waals surface area contributed by atoms with Gasteiger partial charge in [-0.05, 0) is 54.2 Å². The molecule has 1 heterocycles. The molecular weight excluding hydrogens is 622 g/mol. The standard InChI is InChI=1S/C39H55N3O7/c1-6-7-8-9-10-11-12-13-14-15-16-17-18-19-36(44)49-27-29-26-42(41-40-29)32-22-20-28-24-35(46-3)38(47-4)39(48-5)37(28)30-21-23-34(45-2)33(43)25-31(30)32/h21,23-26,32H,6-20,22,27H2,1-5H3/t32-/m0/s1. The van der Waals surface area contributed by atoms with E-state index in [4.69, 9.17) is 23.7 Å². The van der Waals surface area contributed by atoms with Crippen molar-refractivity contribution >= 4 is 5.97 Å². The van der Waals surface area contributed by atoms with E-state index >= 15 is 0 Å². The van der Waals surface area contributed by atoms with Gasteiger partial charge in [0, 0.05) is 12.0 Å². The Kier molecular flexibility index (Phi) is 15.2. The van der Waals surface area contributed by atoms with Crippen molar-refractivity contribution in [2.75, 3.05) is 28.4 Å². The highest BCUT2D eigenvalue weighted by molar-refractivity contribution is 5.82. The first-order valence-electron chi connectivity index (χ1n) is 18.1. The van der Waals surface area contributed by atoms with Gasteiger partial charge in [0.05, 0.1) is 40.7 Å². The van der Waals surface area contributed by atoms with E-state index in [0.29, 0.717) is 42.2 Å². The second kappa shape index (κ2) is 19.8. The summed E-state index contributed by atoms with van der Waals surface area (Å²) in [6.45, 7) is 2.30. The summed E-state index contributed by atoms with van der Waals surface area (Å²) in [4.78, 5) is 25.7. The van der Waals surface area contributed by atoms with E-state index in [0.717, 1.165) is 41.5 Å². The van der Waals surface area contributed by atoms with Crippen LogP contribution in [0.5, 0.6) is 23.0 Å². The monoisotopic (exact) mass is 677 g/mol. The van der Waals surface area contributed by atoms with Crippen LogP contribution in [0.3, 0.4) is 0 Å². The van der Waals surface area contributed by atoms with Gasteiger partial charge in [-0.3, -0.25) is 9.59 Å². The zero-order chi connectivity index (χ0) is 35.0. The highest BCUT2D eigenvalue weighted by Gasteiger charge is 2.30. The summed E-state index contributed by atoms with van der Waals surface area (Å²) in [5, 5.41) is 8.74. The van der Waals surface area contributed by atoms with Gasteiger partial charge in [0.15, 0.2) is 17.2 Å². The van der Waals surface area contributed by atoms with Crippen LogP contribution in [0.2, 0.25) is 0 Å². The molecule has 0 aliphatic heterocycles. The van der Waals surface area contributed by atoms with Gasteiger partial charge >= 0.3 is 5.97 Å². The van der Waals surface area contributed by atoms with Crippen molar-refractivity contribution in [2.45, 2.75) is 122 Å². The average Bonchev–Trinajstić information content (AvgIpc) is 3.45. The lowest BCUT2D eigenvalue weighted by molar-refractivity contribution is -0.145. The first-order valence-corrected chi connectivity index (χ1v) is 18.1. The maximum absolute atomic E-state index is 13.2. The molecule has 1 aliphatic rings. The van der Waals surface area contributed by atoms with Gasteiger partial charge in [-0.15, -0.1) is 5.10 Å². The molecule has 0 N–H and O–H groups in total. The summed E-state index contributed by atoms with van der Waals surface area (Å²) in [6, 6.07) is 6.76. The van der Waals surface area contributed by atoms with Crippen LogP contribution in [0.4, 0.5) is 0 Å². The topological polar surface area (TPSA) is 111 Å². The Balaban J connectivity index is 1.36. The van der Waals surface area contributed by atoms with E-state index in [-0.39, 0.29) is 29.8 Å². The number of hydrogen-bond donors (Lipinski definition) is 0. The third-order valence-electron chi connectivity index (χ3n) is 9.43. The van der Waals surface area contributed by atoms with Crippen molar-refractivity contribution < 1.29 is 28.5 Å². The minimum absolute atomic E-state index is 0.0441. The number of carbonyl (C=O) groups excluding carboxylic acids is 1. The Labute approximate surface area is 291 Å². The summed E-state index contributed by atoms with van der Waals surface area (Å²) in [6.07, 6.45) is 19.8. The number of carbonyl (C=O) groups is 1. The second-order valence-electron chi connectivity index (χ2n) is 12.9. The average molecular weight is 678 g/mol. The quantitative estimate of drug-likeness (QED) is 0.0811. The van der Waals surface area contributed by atoms with Crippen LogP contribution in [0.25, 0.3) is 11.1 Å². The molecule has 0 saturated heterocycles. The molecule has 268 valence electrons. The number of ether oxygens (including phenoxy) is 5. The Bertz CT molecular complexity index is 1550. The van der Waals surface area contributed by atoms with Crippen LogP contribution in [-0.4, -0.2) is 49.4 Å². The number of esters is 1. The highest BCUT2D eigenvalue weighted by Crippen LogP contribution is 2.50. The first-order chi connectivity index (χ1) is 23.9.